The molecule has 0 atom stereocenters. The van der Waals surface area contributed by atoms with Crippen LogP contribution in [-0.4, -0.2) is 39.5 Å². The van der Waals surface area contributed by atoms with Crippen LogP contribution in [0.4, 0.5) is 0 Å². The van der Waals surface area contributed by atoms with E-state index in [2.05, 4.69) is 0 Å². The van der Waals surface area contributed by atoms with Gasteiger partial charge in [0.05, 0.1) is 28.4 Å². The maximum absolute atomic E-state index is 10.8. The monoisotopic (exact) mass is 370 g/mol. The van der Waals surface area contributed by atoms with Gasteiger partial charge in [0.25, 0.3) is 0 Å². The summed E-state index contributed by atoms with van der Waals surface area (Å²) in [6.07, 6.45) is 4.27. The van der Waals surface area contributed by atoms with Crippen LogP contribution in [0.2, 0.25) is 0 Å². The molecule has 0 radical (unpaired) electrons. The molecule has 0 aliphatic carbocycles. The summed E-state index contributed by atoms with van der Waals surface area (Å²) in [5.74, 6) is 1.33. The van der Waals surface area contributed by atoms with Crippen LogP contribution < -0.4 is 18.9 Å². The van der Waals surface area contributed by atoms with Crippen LogP contribution in [0.15, 0.2) is 54.6 Å². The zero-order valence-corrected chi connectivity index (χ0v) is 15.7. The maximum atomic E-state index is 10.8. The van der Waals surface area contributed by atoms with Crippen molar-refractivity contribution >= 4 is 11.5 Å². The van der Waals surface area contributed by atoms with Gasteiger partial charge >= 0.3 is 5.97 Å². The highest BCUT2D eigenvalue weighted by Gasteiger charge is 2.12. The molecule has 2 rings (SSSR count). The second kappa shape index (κ2) is 9.33. The number of benzene rings is 2. The third-order valence-electron chi connectivity index (χ3n) is 3.89. The fraction of sp³-hybridized carbons (Fsp3) is 0.190. The minimum Gasteiger partial charge on any atom is -0.493 e. The lowest BCUT2D eigenvalue weighted by Crippen LogP contribution is -1.96. The van der Waals surface area contributed by atoms with E-state index in [0.717, 1.165) is 22.8 Å². The molecule has 1 N–H and O–H groups in total. The largest absolute Gasteiger partial charge is 0.493 e. The smallest absolute Gasteiger partial charge is 0.328 e. The molecular weight excluding hydrogens is 348 g/mol. The SMILES string of the molecule is COc1ccc(C(=CC=CC(=O)O)c2ccc(OC)c(OC)c2)cc1OC. The first kappa shape index (κ1) is 19.9. The first-order valence-corrected chi connectivity index (χ1v) is 8.10. The molecule has 0 aromatic heterocycles. The van der Waals surface area contributed by atoms with Gasteiger partial charge in [-0.25, -0.2) is 4.79 Å². The molecule has 0 aliphatic rings. The number of carboxylic acid groups (broad SMARTS) is 1. The molecule has 0 heterocycles. The molecule has 0 saturated carbocycles. The molecule has 0 saturated heterocycles. The Hall–Kier alpha value is -3.41. The summed E-state index contributed by atoms with van der Waals surface area (Å²) >= 11 is 0. The van der Waals surface area contributed by atoms with E-state index in [4.69, 9.17) is 24.1 Å². The Morgan fingerprint density at radius 1 is 0.778 bits per heavy atom. The second-order valence-corrected chi connectivity index (χ2v) is 5.42. The topological polar surface area (TPSA) is 74.2 Å². The van der Waals surface area contributed by atoms with E-state index in [1.54, 1.807) is 46.6 Å². The highest BCUT2D eigenvalue weighted by Crippen LogP contribution is 2.36. The number of hydrogen-bond donors (Lipinski definition) is 1. The quantitative estimate of drug-likeness (QED) is 0.563. The highest BCUT2D eigenvalue weighted by molar-refractivity contribution is 5.85. The number of hydrogen-bond acceptors (Lipinski definition) is 5. The normalized spacial score (nSPS) is 10.4. The predicted molar refractivity (Wildman–Crippen MR) is 103 cm³/mol. The summed E-state index contributed by atoms with van der Waals surface area (Å²) in [6, 6.07) is 11.0. The Morgan fingerprint density at radius 3 is 1.59 bits per heavy atom. The molecule has 6 heteroatoms. The van der Waals surface area contributed by atoms with Gasteiger partial charge < -0.3 is 24.1 Å². The standard InChI is InChI=1S/C21H22O6/c1-24-17-10-8-14(12-19(17)26-3)16(6-5-7-21(22)23)15-9-11-18(25-2)20(13-15)27-4/h5-13H,1-4H3,(H,22,23). The summed E-state index contributed by atoms with van der Waals surface area (Å²) in [5.41, 5.74) is 2.44. The van der Waals surface area contributed by atoms with Crippen molar-refractivity contribution in [2.75, 3.05) is 28.4 Å². The van der Waals surface area contributed by atoms with Crippen molar-refractivity contribution in [3.8, 4) is 23.0 Å². The molecule has 142 valence electrons. The van der Waals surface area contributed by atoms with Crippen molar-refractivity contribution < 1.29 is 28.8 Å². The lowest BCUT2D eigenvalue weighted by Gasteiger charge is -2.14. The van der Waals surface area contributed by atoms with Crippen molar-refractivity contribution in [3.63, 3.8) is 0 Å². The Morgan fingerprint density at radius 2 is 1.22 bits per heavy atom. The Balaban J connectivity index is 2.61. The van der Waals surface area contributed by atoms with Gasteiger partial charge in [-0.15, -0.1) is 0 Å². The van der Waals surface area contributed by atoms with Gasteiger partial charge in [-0.05, 0) is 41.0 Å². The van der Waals surface area contributed by atoms with Crippen molar-refractivity contribution in [1.82, 2.24) is 0 Å². The molecule has 0 unspecified atom stereocenters. The maximum Gasteiger partial charge on any atom is 0.328 e. The fourth-order valence-corrected chi connectivity index (χ4v) is 2.59. The summed E-state index contributed by atoms with van der Waals surface area (Å²) in [7, 11) is 6.26. The minimum absolute atomic E-state index is 0.573. The van der Waals surface area contributed by atoms with E-state index in [0.29, 0.717) is 23.0 Å². The molecule has 27 heavy (non-hydrogen) atoms. The number of carbonyl (C=O) groups is 1. The van der Waals surface area contributed by atoms with Gasteiger partial charge in [-0.1, -0.05) is 24.3 Å². The molecule has 2 aromatic rings. The number of allylic oxidation sites excluding steroid dienone is 2. The van der Waals surface area contributed by atoms with E-state index in [-0.39, 0.29) is 0 Å². The van der Waals surface area contributed by atoms with Crippen molar-refractivity contribution in [2.45, 2.75) is 0 Å². The summed E-state index contributed by atoms with van der Waals surface area (Å²) in [5, 5.41) is 8.88. The Bertz CT molecular complexity index is 809. The van der Waals surface area contributed by atoms with Gasteiger partial charge in [-0.2, -0.15) is 0 Å². The van der Waals surface area contributed by atoms with Crippen LogP contribution in [0.5, 0.6) is 23.0 Å². The summed E-state index contributed by atoms with van der Waals surface area (Å²) in [6.45, 7) is 0. The van der Waals surface area contributed by atoms with Gasteiger partial charge in [0.1, 0.15) is 0 Å². The van der Waals surface area contributed by atoms with E-state index >= 15 is 0 Å². The van der Waals surface area contributed by atoms with Gasteiger partial charge in [0.2, 0.25) is 0 Å². The van der Waals surface area contributed by atoms with Crippen molar-refractivity contribution in [2.24, 2.45) is 0 Å². The Kier molecular flexibility index (Phi) is 6.88. The number of aliphatic carboxylic acids is 1. The Labute approximate surface area is 158 Å². The third-order valence-corrected chi connectivity index (χ3v) is 3.89. The molecular formula is C21H22O6. The van der Waals surface area contributed by atoms with Gasteiger partial charge in [0.15, 0.2) is 23.0 Å². The van der Waals surface area contributed by atoms with E-state index in [9.17, 15) is 4.79 Å². The van der Waals surface area contributed by atoms with Crippen LogP contribution in [0.25, 0.3) is 5.57 Å². The average Bonchev–Trinajstić information content (AvgIpc) is 2.70. The van der Waals surface area contributed by atoms with Crippen LogP contribution in [-0.2, 0) is 4.79 Å². The van der Waals surface area contributed by atoms with Crippen molar-refractivity contribution in [3.05, 3.63) is 65.8 Å². The first-order valence-electron chi connectivity index (χ1n) is 8.10. The van der Waals surface area contributed by atoms with Gasteiger partial charge in [0, 0.05) is 6.08 Å². The lowest BCUT2D eigenvalue weighted by molar-refractivity contribution is -0.131. The zero-order valence-electron chi connectivity index (χ0n) is 15.7. The van der Waals surface area contributed by atoms with E-state index in [1.807, 2.05) is 24.3 Å². The molecule has 0 amide bonds. The van der Waals surface area contributed by atoms with Crippen LogP contribution in [0.1, 0.15) is 11.1 Å². The lowest BCUT2D eigenvalue weighted by atomic mass is 9.96. The zero-order chi connectivity index (χ0) is 19.8. The predicted octanol–water partition coefficient (Wildman–Crippen LogP) is 3.79. The minimum atomic E-state index is -1.02. The molecule has 0 aliphatic heterocycles. The van der Waals surface area contributed by atoms with Crippen molar-refractivity contribution in [1.29, 1.82) is 0 Å². The number of ether oxygens (including phenoxy) is 4. The van der Waals surface area contributed by atoms with Crippen LogP contribution in [0, 0.1) is 0 Å². The fourth-order valence-electron chi connectivity index (χ4n) is 2.59. The van der Waals surface area contributed by atoms with Crippen LogP contribution >= 0.6 is 0 Å². The summed E-state index contributed by atoms with van der Waals surface area (Å²) in [4.78, 5) is 10.8. The molecule has 0 fully saturated rings. The van der Waals surface area contributed by atoms with Gasteiger partial charge in [-0.3, -0.25) is 0 Å². The highest BCUT2D eigenvalue weighted by atomic mass is 16.5. The third kappa shape index (κ3) is 4.82. The van der Waals surface area contributed by atoms with Crippen LogP contribution in [0.3, 0.4) is 0 Å². The first-order chi connectivity index (χ1) is 13.0. The second-order valence-electron chi connectivity index (χ2n) is 5.42. The number of carboxylic acids is 1. The summed E-state index contributed by atoms with van der Waals surface area (Å²) < 4.78 is 21.3. The molecule has 2 aromatic carbocycles. The molecule has 0 spiro atoms. The number of rotatable bonds is 8. The molecule has 0 bridgehead atoms. The average molecular weight is 370 g/mol. The van der Waals surface area contributed by atoms with E-state index < -0.39 is 5.97 Å². The number of methoxy groups -OCH3 is 4. The van der Waals surface area contributed by atoms with E-state index in [1.165, 1.54) is 6.08 Å². The molecule has 6 nitrogen and oxygen atoms in total.